The van der Waals surface area contributed by atoms with Gasteiger partial charge in [-0.1, -0.05) is 12.1 Å². The number of aliphatic imine (C=N–C) groups is 1. The lowest BCUT2D eigenvalue weighted by molar-refractivity contribution is 0.532. The van der Waals surface area contributed by atoms with Crippen LogP contribution in [0.3, 0.4) is 0 Å². The normalized spacial score (nSPS) is 19.9. The maximum Gasteiger partial charge on any atom is 0.239 e. The van der Waals surface area contributed by atoms with E-state index < -0.39 is 16.1 Å². The predicted octanol–water partition coefficient (Wildman–Crippen LogP) is 1.92. The highest BCUT2D eigenvalue weighted by molar-refractivity contribution is 7.89. The molecule has 3 rings (SSSR count). The van der Waals surface area contributed by atoms with E-state index >= 15 is 0 Å². The van der Waals surface area contributed by atoms with Gasteiger partial charge in [-0.2, -0.15) is 5.26 Å². The molecule has 0 amide bonds. The average Bonchev–Trinajstić information content (AvgIpc) is 3.02. The Morgan fingerprint density at radius 2 is 2.22 bits per heavy atom. The van der Waals surface area contributed by atoms with E-state index in [1.165, 1.54) is 18.4 Å². The van der Waals surface area contributed by atoms with Crippen molar-refractivity contribution in [1.29, 1.82) is 5.26 Å². The molecule has 0 fully saturated rings. The molecule has 1 atom stereocenters. The summed E-state index contributed by atoms with van der Waals surface area (Å²) in [5, 5.41) is 10.9. The smallest absolute Gasteiger partial charge is 0.239 e. The van der Waals surface area contributed by atoms with Crippen LogP contribution < -0.4 is 5.73 Å². The zero-order chi connectivity index (χ0) is 16.6. The van der Waals surface area contributed by atoms with E-state index in [2.05, 4.69) is 11.1 Å². The van der Waals surface area contributed by atoms with E-state index in [0.29, 0.717) is 5.56 Å². The van der Waals surface area contributed by atoms with Gasteiger partial charge in [0, 0.05) is 11.9 Å². The Labute approximate surface area is 138 Å². The Hall–Kier alpha value is -2.37. The van der Waals surface area contributed by atoms with Crippen LogP contribution in [-0.4, -0.2) is 31.5 Å². The van der Waals surface area contributed by atoms with Gasteiger partial charge in [-0.25, -0.2) is 17.7 Å². The van der Waals surface area contributed by atoms with Gasteiger partial charge in [-0.3, -0.25) is 0 Å². The molecule has 6 nitrogen and oxygen atoms in total. The number of hydrogen-bond acceptors (Lipinski definition) is 6. The second-order valence-corrected chi connectivity index (χ2v) is 8.14. The first-order valence-corrected chi connectivity index (χ1v) is 9.28. The molecule has 1 aromatic heterocycles. The van der Waals surface area contributed by atoms with E-state index in [0.717, 1.165) is 20.3 Å². The van der Waals surface area contributed by atoms with E-state index in [4.69, 9.17) is 11.0 Å². The molecule has 2 aromatic rings. The lowest BCUT2D eigenvalue weighted by Gasteiger charge is -2.26. The number of nitrogens with zero attached hydrogens (tertiary/aromatic N) is 3. The Bertz CT molecular complexity index is 925. The maximum atomic E-state index is 12.1. The van der Waals surface area contributed by atoms with Crippen molar-refractivity contribution < 1.29 is 8.42 Å². The fraction of sp³-hybridized carbons (Fsp3) is 0.200. The zero-order valence-corrected chi connectivity index (χ0v) is 13.9. The van der Waals surface area contributed by atoms with Crippen LogP contribution in [0.5, 0.6) is 0 Å². The first-order valence-electron chi connectivity index (χ1n) is 6.79. The Morgan fingerprint density at radius 1 is 1.43 bits per heavy atom. The Morgan fingerprint density at radius 3 is 2.91 bits per heavy atom. The molecule has 0 saturated heterocycles. The minimum Gasteiger partial charge on any atom is -0.369 e. The molecule has 0 saturated carbocycles. The van der Waals surface area contributed by atoms with E-state index in [1.54, 1.807) is 12.1 Å². The number of thiophene rings is 1. The molecule has 2 heterocycles. The standard InChI is InChI=1S/C15H14N4O2S2/c1-19-15(17)18-13(9-23(19,20)21)12-6-14(22-8-12)11-4-2-3-10(5-11)7-16/h2-6,8,13H,9H2,1H3,(H2,17,18)/t13-/m0/s1. The van der Waals surface area contributed by atoms with Crippen molar-refractivity contribution in [2.75, 3.05) is 12.8 Å². The number of benzene rings is 1. The minimum atomic E-state index is -3.43. The lowest BCUT2D eigenvalue weighted by Crippen LogP contribution is -2.44. The fourth-order valence-electron chi connectivity index (χ4n) is 2.32. The van der Waals surface area contributed by atoms with Crippen molar-refractivity contribution in [2.45, 2.75) is 6.04 Å². The lowest BCUT2D eigenvalue weighted by atomic mass is 10.1. The molecule has 0 bridgehead atoms. The van der Waals surface area contributed by atoms with Gasteiger partial charge in [0.2, 0.25) is 16.0 Å². The average molecular weight is 346 g/mol. The summed E-state index contributed by atoms with van der Waals surface area (Å²) in [5.74, 6) is -0.0982. The molecular weight excluding hydrogens is 332 g/mol. The van der Waals surface area contributed by atoms with Gasteiger partial charge < -0.3 is 5.73 Å². The second-order valence-electron chi connectivity index (χ2n) is 5.19. The maximum absolute atomic E-state index is 12.1. The highest BCUT2D eigenvalue weighted by atomic mass is 32.2. The van der Waals surface area contributed by atoms with Crippen LogP contribution in [0.15, 0.2) is 40.7 Å². The SMILES string of the molecule is CN1C(N)=N[C@H](c2csc(-c3cccc(C#N)c3)c2)CS1(=O)=O. The summed E-state index contributed by atoms with van der Waals surface area (Å²) in [6.07, 6.45) is 0. The molecule has 0 unspecified atom stereocenters. The number of nitriles is 1. The second kappa shape index (κ2) is 5.68. The van der Waals surface area contributed by atoms with Crippen LogP contribution in [0, 0.1) is 11.3 Å². The number of nitrogens with two attached hydrogens (primary N) is 1. The number of sulfonamides is 1. The van der Waals surface area contributed by atoms with Gasteiger partial charge in [0.15, 0.2) is 0 Å². The zero-order valence-electron chi connectivity index (χ0n) is 12.3. The van der Waals surface area contributed by atoms with Gasteiger partial charge >= 0.3 is 0 Å². The summed E-state index contributed by atoms with van der Waals surface area (Å²) in [7, 11) is -2.04. The van der Waals surface area contributed by atoms with Gasteiger partial charge in [0.25, 0.3) is 0 Å². The van der Waals surface area contributed by atoms with Crippen molar-refractivity contribution in [3.05, 3.63) is 46.8 Å². The van der Waals surface area contributed by atoms with Crippen LogP contribution >= 0.6 is 11.3 Å². The molecule has 1 aliphatic heterocycles. The summed E-state index contributed by atoms with van der Waals surface area (Å²) in [4.78, 5) is 5.23. The van der Waals surface area contributed by atoms with Crippen molar-refractivity contribution in [3.8, 4) is 16.5 Å². The van der Waals surface area contributed by atoms with E-state index in [9.17, 15) is 8.42 Å². The van der Waals surface area contributed by atoms with Crippen LogP contribution in [0.2, 0.25) is 0 Å². The van der Waals surface area contributed by atoms with Crippen LogP contribution in [0.25, 0.3) is 10.4 Å². The van der Waals surface area contributed by atoms with Crippen molar-refractivity contribution >= 4 is 27.3 Å². The van der Waals surface area contributed by atoms with Gasteiger partial charge in [0.05, 0.1) is 23.4 Å². The van der Waals surface area contributed by atoms with Crippen LogP contribution in [-0.2, 0) is 10.0 Å². The third-order valence-electron chi connectivity index (χ3n) is 3.68. The van der Waals surface area contributed by atoms with Crippen molar-refractivity contribution in [2.24, 2.45) is 10.7 Å². The van der Waals surface area contributed by atoms with Crippen LogP contribution in [0.1, 0.15) is 17.2 Å². The third-order valence-corrected chi connectivity index (χ3v) is 6.43. The van der Waals surface area contributed by atoms with Gasteiger partial charge in [0.1, 0.15) is 0 Å². The first-order chi connectivity index (χ1) is 10.9. The van der Waals surface area contributed by atoms with Crippen LogP contribution in [0.4, 0.5) is 0 Å². The molecule has 0 radical (unpaired) electrons. The van der Waals surface area contributed by atoms with Crippen molar-refractivity contribution in [3.63, 3.8) is 0 Å². The monoisotopic (exact) mass is 346 g/mol. The van der Waals surface area contributed by atoms with Gasteiger partial charge in [-0.15, -0.1) is 11.3 Å². The molecule has 1 aromatic carbocycles. The summed E-state index contributed by atoms with van der Waals surface area (Å²) in [5.41, 5.74) is 8.02. The molecule has 8 heteroatoms. The number of guanidine groups is 1. The van der Waals surface area contributed by atoms with E-state index in [-0.39, 0.29) is 11.7 Å². The molecule has 0 aliphatic carbocycles. The summed E-state index contributed by atoms with van der Waals surface area (Å²) in [6.45, 7) is 0. The summed E-state index contributed by atoms with van der Waals surface area (Å²) < 4.78 is 25.1. The largest absolute Gasteiger partial charge is 0.369 e. The van der Waals surface area contributed by atoms with Crippen molar-refractivity contribution in [1.82, 2.24) is 4.31 Å². The minimum absolute atomic E-state index is 0.000442. The molecule has 118 valence electrons. The quantitative estimate of drug-likeness (QED) is 0.898. The molecule has 23 heavy (non-hydrogen) atoms. The summed E-state index contributed by atoms with van der Waals surface area (Å²) in [6, 6.07) is 10.8. The summed E-state index contributed by atoms with van der Waals surface area (Å²) >= 11 is 1.49. The molecule has 0 spiro atoms. The Kier molecular flexibility index (Phi) is 3.83. The topological polar surface area (TPSA) is 99.5 Å². The van der Waals surface area contributed by atoms with Gasteiger partial charge in [-0.05, 0) is 34.7 Å². The molecule has 2 N–H and O–H groups in total. The number of rotatable bonds is 2. The molecular formula is C15H14N4O2S2. The highest BCUT2D eigenvalue weighted by Crippen LogP contribution is 2.33. The first kappa shape index (κ1) is 15.5. The Balaban J connectivity index is 1.95. The third kappa shape index (κ3) is 2.93. The number of hydrogen-bond donors (Lipinski definition) is 1. The predicted molar refractivity (Wildman–Crippen MR) is 90.4 cm³/mol. The molecule has 1 aliphatic rings. The fourth-order valence-corrected chi connectivity index (χ4v) is 4.50. The highest BCUT2D eigenvalue weighted by Gasteiger charge is 2.31. The van der Waals surface area contributed by atoms with E-state index in [1.807, 2.05) is 23.6 Å².